The fourth-order valence-electron chi connectivity index (χ4n) is 4.41. The van der Waals surface area contributed by atoms with Crippen molar-refractivity contribution in [1.29, 1.82) is 5.26 Å². The number of halogens is 1. The van der Waals surface area contributed by atoms with E-state index < -0.39 is 38.0 Å². The molecule has 0 fully saturated rings. The summed E-state index contributed by atoms with van der Waals surface area (Å²) in [5.74, 6) is -0.443. The molecule has 3 heterocycles. The number of fused-ring (bicyclic) bond motifs is 3. The zero-order valence-electron chi connectivity index (χ0n) is 18.9. The van der Waals surface area contributed by atoms with Crippen LogP contribution in [0.15, 0.2) is 35.5 Å². The third-order valence-electron chi connectivity index (χ3n) is 6.52. The van der Waals surface area contributed by atoms with E-state index in [-0.39, 0.29) is 41.6 Å². The van der Waals surface area contributed by atoms with Gasteiger partial charge in [-0.2, -0.15) is 5.26 Å². The molecule has 0 saturated carbocycles. The molecule has 11 heteroatoms. The molecule has 9 nitrogen and oxygen atoms in total. The minimum Gasteiger partial charge on any atom is -0.493 e. The maximum atomic E-state index is 14.8. The van der Waals surface area contributed by atoms with Gasteiger partial charge in [0.15, 0.2) is 9.84 Å². The number of hydrogen-bond acceptors (Lipinski definition) is 8. The van der Waals surface area contributed by atoms with E-state index in [0.29, 0.717) is 11.1 Å². The summed E-state index contributed by atoms with van der Waals surface area (Å²) >= 11 is 0. The number of pyridine rings is 1. The van der Waals surface area contributed by atoms with Crippen LogP contribution in [0.4, 0.5) is 10.1 Å². The third kappa shape index (κ3) is 3.40. The van der Waals surface area contributed by atoms with Crippen molar-refractivity contribution in [1.82, 2.24) is 4.98 Å². The number of hydrogen-bond donors (Lipinski definition) is 2. The quantitative estimate of drug-likeness (QED) is 0.678. The molecule has 178 valence electrons. The number of benzene rings is 1. The Kier molecular flexibility index (Phi) is 5.60. The summed E-state index contributed by atoms with van der Waals surface area (Å²) in [6.07, 6.45) is 1.33. The van der Waals surface area contributed by atoms with Gasteiger partial charge in [-0.15, -0.1) is 0 Å². The molecule has 0 saturated heterocycles. The molecule has 2 atom stereocenters. The first-order chi connectivity index (χ1) is 16.0. The van der Waals surface area contributed by atoms with Crippen LogP contribution in [0.1, 0.15) is 47.4 Å². The van der Waals surface area contributed by atoms with Gasteiger partial charge in [-0.25, -0.2) is 17.8 Å². The van der Waals surface area contributed by atoms with E-state index >= 15 is 0 Å². The van der Waals surface area contributed by atoms with Crippen LogP contribution in [0.5, 0.6) is 5.75 Å². The number of nitriles is 1. The average molecular weight is 486 g/mol. The second kappa shape index (κ2) is 8.06. The lowest BCUT2D eigenvalue weighted by Crippen LogP contribution is -2.61. The van der Waals surface area contributed by atoms with Crippen LogP contribution in [-0.4, -0.2) is 48.4 Å². The summed E-state index contributed by atoms with van der Waals surface area (Å²) in [5, 5.41) is 10.5. The van der Waals surface area contributed by atoms with E-state index in [0.717, 1.165) is 0 Å². The van der Waals surface area contributed by atoms with Crippen LogP contribution in [0.25, 0.3) is 0 Å². The molecule has 0 radical (unpaired) electrons. The van der Waals surface area contributed by atoms with Gasteiger partial charge in [0.2, 0.25) is 0 Å². The molecular weight excluding hydrogens is 461 g/mol. The van der Waals surface area contributed by atoms with Gasteiger partial charge in [-0.05, 0) is 50.6 Å². The van der Waals surface area contributed by atoms with Gasteiger partial charge < -0.3 is 15.8 Å². The predicted molar refractivity (Wildman–Crippen MR) is 124 cm³/mol. The topological polar surface area (TPSA) is 148 Å². The van der Waals surface area contributed by atoms with Crippen molar-refractivity contribution >= 4 is 27.3 Å². The number of amidine groups is 1. The molecule has 2 aromatic rings. The lowest BCUT2D eigenvalue weighted by atomic mass is 9.85. The Hall–Kier alpha value is -3.52. The first kappa shape index (κ1) is 23.6. The molecule has 2 aliphatic rings. The number of aryl methyl sites for hydroxylation is 1. The Morgan fingerprint density at radius 1 is 1.38 bits per heavy atom. The van der Waals surface area contributed by atoms with Gasteiger partial charge in [0.05, 0.1) is 17.4 Å². The fraction of sp³-hybridized carbons (Fsp3) is 0.391. The number of rotatable bonds is 3. The van der Waals surface area contributed by atoms with E-state index in [4.69, 9.17) is 15.7 Å². The van der Waals surface area contributed by atoms with Crippen molar-refractivity contribution in [3.05, 3.63) is 52.8 Å². The maximum Gasteiger partial charge on any atom is 0.274 e. The van der Waals surface area contributed by atoms with Crippen molar-refractivity contribution in [2.24, 2.45) is 10.7 Å². The number of nitrogens with two attached hydrogens (primary N) is 1. The third-order valence-corrected chi connectivity index (χ3v) is 9.53. The van der Waals surface area contributed by atoms with Crippen molar-refractivity contribution in [3.8, 4) is 11.8 Å². The van der Waals surface area contributed by atoms with E-state index in [9.17, 15) is 17.6 Å². The lowest BCUT2D eigenvalue weighted by Gasteiger charge is -2.43. The number of nitrogens with zero attached hydrogens (tertiary/aromatic N) is 3. The first-order valence-corrected chi connectivity index (χ1v) is 12.1. The van der Waals surface area contributed by atoms with Gasteiger partial charge in [-0.3, -0.25) is 9.79 Å². The molecule has 0 bridgehead atoms. The Balaban J connectivity index is 1.81. The van der Waals surface area contributed by atoms with Crippen molar-refractivity contribution in [3.63, 3.8) is 0 Å². The van der Waals surface area contributed by atoms with Gasteiger partial charge in [0, 0.05) is 23.9 Å². The van der Waals surface area contributed by atoms with Gasteiger partial charge >= 0.3 is 0 Å². The Morgan fingerprint density at radius 2 is 2.12 bits per heavy atom. The van der Waals surface area contributed by atoms with Crippen molar-refractivity contribution < 1.29 is 22.3 Å². The first-order valence-electron chi connectivity index (χ1n) is 10.6. The van der Waals surface area contributed by atoms with Crippen LogP contribution in [0, 0.1) is 18.3 Å². The van der Waals surface area contributed by atoms with Crippen molar-refractivity contribution in [2.45, 2.75) is 42.7 Å². The normalized spacial score (nSPS) is 24.3. The van der Waals surface area contributed by atoms with Crippen LogP contribution in [0.2, 0.25) is 0 Å². The monoisotopic (exact) mass is 485 g/mol. The number of anilines is 1. The largest absolute Gasteiger partial charge is 0.493 e. The molecule has 1 amide bonds. The smallest absolute Gasteiger partial charge is 0.274 e. The molecule has 0 aliphatic carbocycles. The molecular formula is C23H24FN5O4S. The molecule has 3 N–H and O–H groups in total. The zero-order chi connectivity index (χ0) is 24.9. The predicted octanol–water partition coefficient (Wildman–Crippen LogP) is 2.39. The highest BCUT2D eigenvalue weighted by molar-refractivity contribution is 7.94. The second-order valence-corrected chi connectivity index (χ2v) is 11.6. The lowest BCUT2D eigenvalue weighted by molar-refractivity contribution is 0.102. The molecule has 2 aliphatic heterocycles. The molecule has 1 aromatic carbocycles. The number of alkyl halides is 1. The maximum absolute atomic E-state index is 14.8. The standard InChI is InChI=1S/C23H24FN5O4S/c1-13-8-14(10-25)11-27-19(13)20(30)28-15-4-5-17-16(9-15)23(12-24)18(6-7-33-17)34(31,32)22(2,3)21(26)29-23/h4-5,8-9,11,18H,6-7,12H2,1-3H3,(H2,26,29)(H,28,30)/t18-,23?/m0/s1. The van der Waals surface area contributed by atoms with Crippen LogP contribution >= 0.6 is 0 Å². The van der Waals surface area contributed by atoms with Crippen LogP contribution in [0.3, 0.4) is 0 Å². The minimum absolute atomic E-state index is 0.0389. The highest BCUT2D eigenvalue weighted by Crippen LogP contribution is 2.49. The fourth-order valence-corrected chi connectivity index (χ4v) is 6.62. The average Bonchev–Trinajstić information content (AvgIpc) is 2.95. The van der Waals surface area contributed by atoms with Crippen LogP contribution in [-0.2, 0) is 15.4 Å². The molecule has 1 unspecified atom stereocenters. The van der Waals surface area contributed by atoms with Crippen LogP contribution < -0.4 is 15.8 Å². The Morgan fingerprint density at radius 3 is 2.76 bits per heavy atom. The number of carbonyl (C=O) groups is 1. The zero-order valence-corrected chi connectivity index (χ0v) is 19.7. The number of aliphatic imine (C=N–C) groups is 1. The second-order valence-electron chi connectivity index (χ2n) is 8.90. The Bertz CT molecular complexity index is 1370. The molecule has 34 heavy (non-hydrogen) atoms. The van der Waals surface area contributed by atoms with Crippen molar-refractivity contribution in [2.75, 3.05) is 18.6 Å². The summed E-state index contributed by atoms with van der Waals surface area (Å²) in [7, 11) is -3.94. The summed E-state index contributed by atoms with van der Waals surface area (Å²) in [6, 6.07) is 8.08. The number of amides is 1. The highest BCUT2D eigenvalue weighted by Gasteiger charge is 2.59. The molecule has 1 aromatic heterocycles. The van der Waals surface area contributed by atoms with Gasteiger partial charge in [0.25, 0.3) is 5.91 Å². The van der Waals surface area contributed by atoms with Gasteiger partial charge in [-0.1, -0.05) is 0 Å². The summed E-state index contributed by atoms with van der Waals surface area (Å²) < 4.78 is 46.0. The molecule has 4 rings (SSSR count). The number of carbonyl (C=O) groups excluding carboxylic acids is 1. The minimum atomic E-state index is -3.94. The highest BCUT2D eigenvalue weighted by atomic mass is 32.2. The number of nitrogens with one attached hydrogen (secondary N) is 1. The SMILES string of the molecule is Cc1cc(C#N)cnc1C(=O)Nc1ccc2c(c1)C1(CF)N=C(N)C(C)(C)S(=O)(=O)[C@H]1CCO2. The van der Waals surface area contributed by atoms with E-state index in [2.05, 4.69) is 15.3 Å². The van der Waals surface area contributed by atoms with Gasteiger partial charge in [0.1, 0.15) is 40.3 Å². The Labute approximate surface area is 196 Å². The molecule has 0 spiro atoms. The van der Waals surface area contributed by atoms with E-state index in [1.54, 1.807) is 25.1 Å². The summed E-state index contributed by atoms with van der Waals surface area (Å²) in [4.78, 5) is 21.3. The number of aromatic nitrogens is 1. The number of ether oxygens (including phenoxy) is 1. The van der Waals surface area contributed by atoms with E-state index in [1.165, 1.54) is 26.1 Å². The summed E-state index contributed by atoms with van der Waals surface area (Å²) in [6.45, 7) is 3.52. The number of sulfone groups is 1. The summed E-state index contributed by atoms with van der Waals surface area (Å²) in [5.41, 5.74) is 5.69. The van der Waals surface area contributed by atoms with E-state index in [1.807, 2.05) is 6.07 Å².